The molecule has 1 atom stereocenters. The zero-order valence-corrected chi connectivity index (χ0v) is 7.32. The van der Waals surface area contributed by atoms with Crippen molar-refractivity contribution in [3.8, 4) is 0 Å². The van der Waals surface area contributed by atoms with E-state index in [0.717, 1.165) is 5.56 Å². The fourth-order valence-corrected chi connectivity index (χ4v) is 1.30. The second kappa shape index (κ2) is 2.97. The van der Waals surface area contributed by atoms with E-state index in [4.69, 9.17) is 16.3 Å². The van der Waals surface area contributed by atoms with E-state index in [1.807, 2.05) is 0 Å². The number of nitro benzene ring substituents is 1. The van der Waals surface area contributed by atoms with Gasteiger partial charge in [0.25, 0.3) is 5.69 Å². The molecular formula is C8H6ClNO3. The predicted molar refractivity (Wildman–Crippen MR) is 46.8 cm³/mol. The quantitative estimate of drug-likeness (QED) is 0.417. The average molecular weight is 200 g/mol. The highest BCUT2D eigenvalue weighted by atomic mass is 35.5. The van der Waals surface area contributed by atoms with Crippen molar-refractivity contribution in [1.29, 1.82) is 0 Å². The Morgan fingerprint density at radius 3 is 2.85 bits per heavy atom. The van der Waals surface area contributed by atoms with Crippen molar-refractivity contribution < 1.29 is 9.66 Å². The molecule has 1 aliphatic rings. The van der Waals surface area contributed by atoms with E-state index in [9.17, 15) is 10.1 Å². The lowest BCUT2D eigenvalue weighted by Gasteiger charge is -1.97. The summed E-state index contributed by atoms with van der Waals surface area (Å²) in [6.45, 7) is 0.638. The second-order valence-electron chi connectivity index (χ2n) is 2.79. The number of hydrogen-bond acceptors (Lipinski definition) is 3. The fourth-order valence-electron chi connectivity index (χ4n) is 1.11. The largest absolute Gasteiger partial charge is 0.368 e. The number of halogens is 1. The van der Waals surface area contributed by atoms with Crippen LogP contribution in [0.1, 0.15) is 11.7 Å². The lowest BCUT2D eigenvalue weighted by molar-refractivity contribution is -0.384. The van der Waals surface area contributed by atoms with Gasteiger partial charge in [-0.25, -0.2) is 0 Å². The van der Waals surface area contributed by atoms with E-state index < -0.39 is 4.92 Å². The van der Waals surface area contributed by atoms with E-state index in [2.05, 4.69) is 0 Å². The molecule has 68 valence electrons. The van der Waals surface area contributed by atoms with Crippen LogP contribution in [0.3, 0.4) is 0 Å². The third-order valence-electron chi connectivity index (χ3n) is 1.87. The van der Waals surface area contributed by atoms with Gasteiger partial charge in [-0.15, -0.1) is 0 Å². The van der Waals surface area contributed by atoms with Gasteiger partial charge in [0.2, 0.25) is 0 Å². The van der Waals surface area contributed by atoms with Crippen molar-refractivity contribution in [2.24, 2.45) is 0 Å². The topological polar surface area (TPSA) is 55.7 Å². The van der Waals surface area contributed by atoms with Crippen LogP contribution in [0.5, 0.6) is 0 Å². The number of rotatable bonds is 2. The molecule has 13 heavy (non-hydrogen) atoms. The van der Waals surface area contributed by atoms with Gasteiger partial charge in [0.1, 0.15) is 11.1 Å². The van der Waals surface area contributed by atoms with E-state index in [0.29, 0.717) is 6.61 Å². The second-order valence-corrected chi connectivity index (χ2v) is 3.20. The first kappa shape index (κ1) is 8.47. The number of hydrogen-bond donors (Lipinski definition) is 0. The van der Waals surface area contributed by atoms with Gasteiger partial charge in [-0.05, 0) is 11.6 Å². The minimum atomic E-state index is -0.492. The van der Waals surface area contributed by atoms with Gasteiger partial charge in [0.05, 0.1) is 11.5 Å². The van der Waals surface area contributed by atoms with E-state index >= 15 is 0 Å². The molecule has 0 unspecified atom stereocenters. The third-order valence-corrected chi connectivity index (χ3v) is 2.19. The lowest BCUT2D eigenvalue weighted by Crippen LogP contribution is -1.91. The molecule has 1 aliphatic heterocycles. The summed E-state index contributed by atoms with van der Waals surface area (Å²) in [5, 5.41) is 10.7. The Bertz CT molecular complexity index is 362. The molecule has 0 N–H and O–H groups in total. The molecule has 0 aliphatic carbocycles. The molecule has 0 amide bonds. The van der Waals surface area contributed by atoms with Crippen LogP contribution in [0.4, 0.5) is 5.69 Å². The van der Waals surface area contributed by atoms with Gasteiger partial charge in [-0.1, -0.05) is 17.7 Å². The van der Waals surface area contributed by atoms with Crippen molar-refractivity contribution >= 4 is 17.3 Å². The molecule has 4 nitrogen and oxygen atoms in total. The monoisotopic (exact) mass is 199 g/mol. The maximum Gasteiger partial charge on any atom is 0.288 e. The van der Waals surface area contributed by atoms with Gasteiger partial charge in [-0.2, -0.15) is 0 Å². The van der Waals surface area contributed by atoms with Crippen molar-refractivity contribution in [2.75, 3.05) is 6.61 Å². The smallest absolute Gasteiger partial charge is 0.288 e. The molecule has 0 saturated carbocycles. The van der Waals surface area contributed by atoms with Crippen LogP contribution in [0, 0.1) is 10.1 Å². The van der Waals surface area contributed by atoms with Gasteiger partial charge >= 0.3 is 0 Å². The maximum atomic E-state index is 10.5. The first-order valence-electron chi connectivity index (χ1n) is 3.74. The van der Waals surface area contributed by atoms with Gasteiger partial charge in [-0.3, -0.25) is 10.1 Å². The summed E-state index contributed by atoms with van der Waals surface area (Å²) in [6, 6.07) is 4.73. The molecule has 2 rings (SSSR count). The summed E-state index contributed by atoms with van der Waals surface area (Å²) in [7, 11) is 0. The highest BCUT2D eigenvalue weighted by Crippen LogP contribution is 2.34. The highest BCUT2D eigenvalue weighted by molar-refractivity contribution is 6.32. The molecule has 0 spiro atoms. The maximum absolute atomic E-state index is 10.5. The molecule has 1 aromatic rings. The Kier molecular flexibility index (Phi) is 1.94. The summed E-state index contributed by atoms with van der Waals surface area (Å²) in [5.41, 5.74) is 0.755. The third kappa shape index (κ3) is 1.64. The molecule has 1 saturated heterocycles. The van der Waals surface area contributed by atoms with E-state index in [1.54, 1.807) is 6.07 Å². The summed E-state index contributed by atoms with van der Waals surface area (Å²) in [4.78, 5) is 10.0. The van der Waals surface area contributed by atoms with Gasteiger partial charge < -0.3 is 4.74 Å². The summed E-state index contributed by atoms with van der Waals surface area (Å²) in [5.74, 6) is 0. The molecule has 5 heteroatoms. The Morgan fingerprint density at radius 2 is 2.31 bits per heavy atom. The van der Waals surface area contributed by atoms with Crippen LogP contribution in [0.15, 0.2) is 18.2 Å². The van der Waals surface area contributed by atoms with Crippen LogP contribution in [-0.2, 0) is 4.74 Å². The van der Waals surface area contributed by atoms with Crippen LogP contribution >= 0.6 is 11.6 Å². The standard InChI is InChI=1S/C8H6ClNO3/c9-6-2-1-5(8-4-13-8)3-7(6)10(11)12/h1-3,8H,4H2/t8-/m1/s1. The minimum absolute atomic E-state index is 0.0240. The SMILES string of the molecule is O=[N+]([O-])c1cc([C@H]2CO2)ccc1Cl. The van der Waals surface area contributed by atoms with Crippen molar-refractivity contribution in [3.05, 3.63) is 38.9 Å². The number of epoxide rings is 1. The Morgan fingerprint density at radius 1 is 1.62 bits per heavy atom. The molecule has 1 heterocycles. The van der Waals surface area contributed by atoms with Crippen LogP contribution in [-0.4, -0.2) is 11.5 Å². The summed E-state index contributed by atoms with van der Waals surface area (Å²) < 4.78 is 5.00. The molecule has 1 aromatic carbocycles. The molecule has 0 bridgehead atoms. The van der Waals surface area contributed by atoms with Crippen LogP contribution < -0.4 is 0 Å². The van der Waals surface area contributed by atoms with Crippen molar-refractivity contribution in [3.63, 3.8) is 0 Å². The highest BCUT2D eigenvalue weighted by Gasteiger charge is 2.27. The number of ether oxygens (including phenoxy) is 1. The zero-order chi connectivity index (χ0) is 9.42. The molecular weight excluding hydrogens is 194 g/mol. The van der Waals surface area contributed by atoms with E-state index in [1.165, 1.54) is 12.1 Å². The molecule has 0 radical (unpaired) electrons. The summed E-state index contributed by atoms with van der Waals surface area (Å²) >= 11 is 5.63. The summed E-state index contributed by atoms with van der Waals surface area (Å²) in [6.07, 6.45) is 0.0240. The average Bonchev–Trinajstić information content (AvgIpc) is 2.87. The van der Waals surface area contributed by atoms with Gasteiger partial charge in [0, 0.05) is 6.07 Å². The number of nitrogens with zero attached hydrogens (tertiary/aromatic N) is 1. The van der Waals surface area contributed by atoms with Crippen LogP contribution in [0.2, 0.25) is 5.02 Å². The molecule has 1 fully saturated rings. The fraction of sp³-hybridized carbons (Fsp3) is 0.250. The lowest BCUT2D eigenvalue weighted by atomic mass is 10.1. The number of nitro groups is 1. The minimum Gasteiger partial charge on any atom is -0.368 e. The Balaban J connectivity index is 2.41. The Labute approximate surface area is 79.2 Å². The normalized spacial score (nSPS) is 19.9. The van der Waals surface area contributed by atoms with Crippen molar-refractivity contribution in [1.82, 2.24) is 0 Å². The van der Waals surface area contributed by atoms with Crippen LogP contribution in [0.25, 0.3) is 0 Å². The van der Waals surface area contributed by atoms with Gasteiger partial charge in [0.15, 0.2) is 0 Å². The van der Waals surface area contributed by atoms with E-state index in [-0.39, 0.29) is 16.8 Å². The zero-order valence-electron chi connectivity index (χ0n) is 6.57. The number of benzene rings is 1. The molecule has 0 aromatic heterocycles. The Hall–Kier alpha value is -1.13. The predicted octanol–water partition coefficient (Wildman–Crippen LogP) is 2.32. The van der Waals surface area contributed by atoms with Crippen molar-refractivity contribution in [2.45, 2.75) is 6.10 Å². The first-order chi connectivity index (χ1) is 6.18. The first-order valence-corrected chi connectivity index (χ1v) is 4.12.